The summed E-state index contributed by atoms with van der Waals surface area (Å²) in [4.78, 5) is 21.4. The van der Waals surface area contributed by atoms with Gasteiger partial charge in [-0.2, -0.15) is 0 Å². The van der Waals surface area contributed by atoms with Crippen LogP contribution in [0, 0.1) is 25.2 Å². The van der Waals surface area contributed by atoms with Crippen molar-refractivity contribution in [2.24, 2.45) is 11.3 Å². The first kappa shape index (κ1) is 26.7. The summed E-state index contributed by atoms with van der Waals surface area (Å²) < 4.78 is 11.7. The van der Waals surface area contributed by atoms with Gasteiger partial charge in [0.05, 0.1) is 16.8 Å². The molecule has 4 aromatic rings. The molecule has 8 nitrogen and oxygen atoms in total. The molecule has 2 aromatic heterocycles. The molecule has 4 heterocycles. The molecular formula is C34H36N4O4. The fourth-order valence-corrected chi connectivity index (χ4v) is 6.86. The van der Waals surface area contributed by atoms with Crippen molar-refractivity contribution in [2.75, 3.05) is 24.5 Å². The van der Waals surface area contributed by atoms with E-state index in [1.807, 2.05) is 49.4 Å². The average molecular weight is 565 g/mol. The van der Waals surface area contributed by atoms with Gasteiger partial charge in [-0.05, 0) is 85.5 Å². The van der Waals surface area contributed by atoms with Gasteiger partial charge in [-0.3, -0.25) is 9.69 Å². The number of hydrogen-bond acceptors (Lipinski definition) is 7. The van der Waals surface area contributed by atoms with E-state index in [9.17, 15) is 9.90 Å². The summed E-state index contributed by atoms with van der Waals surface area (Å²) in [6.07, 6.45) is 2.46. The molecule has 0 radical (unpaired) electrons. The number of carboxylic acids is 1. The number of aromatic nitrogens is 2. The molecule has 1 saturated heterocycles. The fraction of sp³-hybridized carbons (Fsp3) is 0.382. The summed E-state index contributed by atoms with van der Waals surface area (Å²) in [5, 5.41) is 13.8. The first-order valence-corrected chi connectivity index (χ1v) is 14.8. The van der Waals surface area contributed by atoms with Crippen molar-refractivity contribution in [1.82, 2.24) is 15.0 Å². The van der Waals surface area contributed by atoms with Gasteiger partial charge in [0.2, 0.25) is 0 Å². The Morgan fingerprint density at radius 3 is 2.81 bits per heavy atom. The van der Waals surface area contributed by atoms with Crippen molar-refractivity contribution in [3.8, 4) is 17.0 Å². The van der Waals surface area contributed by atoms with Crippen LogP contribution in [0.1, 0.15) is 46.5 Å². The number of aryl methyl sites for hydroxylation is 1. The highest BCUT2D eigenvalue weighted by molar-refractivity contribution is 5.79. The van der Waals surface area contributed by atoms with E-state index in [0.29, 0.717) is 19.6 Å². The highest BCUT2D eigenvalue weighted by atomic mass is 16.5. The van der Waals surface area contributed by atoms with Crippen LogP contribution < -0.4 is 9.64 Å². The SMILES string of the molecule is Cc1cc(CN2CCc3c(ccc(COc4ccccc4-c4cccc(N5CC[C@@]6(C(=O)O)C[C@H]6C5)n4)c3C)C2)no1. The first-order chi connectivity index (χ1) is 20.4. The van der Waals surface area contributed by atoms with E-state index in [1.165, 1.54) is 22.3 Å². The highest BCUT2D eigenvalue weighted by Crippen LogP contribution is 2.58. The molecule has 0 unspecified atom stereocenters. The maximum absolute atomic E-state index is 11.7. The molecule has 7 rings (SSSR count). The highest BCUT2D eigenvalue weighted by Gasteiger charge is 2.62. The van der Waals surface area contributed by atoms with Crippen LogP contribution in [0.2, 0.25) is 0 Å². The Labute approximate surface area is 245 Å². The van der Waals surface area contributed by atoms with Gasteiger partial charge >= 0.3 is 5.97 Å². The number of carbonyl (C=O) groups is 1. The van der Waals surface area contributed by atoms with E-state index >= 15 is 0 Å². The molecule has 216 valence electrons. The minimum absolute atomic E-state index is 0.213. The summed E-state index contributed by atoms with van der Waals surface area (Å²) in [6, 6.07) is 20.6. The number of rotatable bonds is 8. The van der Waals surface area contributed by atoms with Gasteiger partial charge in [0.15, 0.2) is 0 Å². The quantitative estimate of drug-likeness (QED) is 0.288. The number of nitrogens with zero attached hydrogens (tertiary/aromatic N) is 4. The number of aliphatic carboxylic acids is 1. The van der Waals surface area contributed by atoms with Gasteiger partial charge in [-0.25, -0.2) is 4.98 Å². The lowest BCUT2D eigenvalue weighted by molar-refractivity contribution is -0.144. The van der Waals surface area contributed by atoms with E-state index in [0.717, 1.165) is 73.3 Å². The standard InChI is InChI=1S/C34H36N4O4/c1-22-16-27(36-42-22)20-37-14-12-28-23(2)25(11-10-24(28)18-37)21-41-31-8-4-3-6-29(31)30-7-5-9-32(35-30)38-15-13-34(33(39)40)17-26(34)19-38/h3-11,16,26H,12-15,17-21H2,1-2H3,(H,39,40)/t26-,34+/m0/s1. The molecule has 1 saturated carbocycles. The lowest BCUT2D eigenvalue weighted by Gasteiger charge is -2.31. The topological polar surface area (TPSA) is 91.9 Å². The third-order valence-corrected chi connectivity index (χ3v) is 9.47. The summed E-state index contributed by atoms with van der Waals surface area (Å²) >= 11 is 0. The van der Waals surface area contributed by atoms with E-state index in [2.05, 4.69) is 40.1 Å². The molecule has 3 aliphatic rings. The summed E-state index contributed by atoms with van der Waals surface area (Å²) in [5.74, 6) is 2.12. The number of carboxylic acid groups (broad SMARTS) is 1. The number of piperidine rings is 1. The minimum atomic E-state index is -0.644. The summed E-state index contributed by atoms with van der Waals surface area (Å²) in [6.45, 7) is 8.78. The van der Waals surface area contributed by atoms with E-state index < -0.39 is 11.4 Å². The number of hydrogen-bond donors (Lipinski definition) is 1. The first-order valence-electron chi connectivity index (χ1n) is 14.8. The molecular weight excluding hydrogens is 528 g/mol. The molecule has 1 N–H and O–H groups in total. The second kappa shape index (κ2) is 10.6. The number of pyridine rings is 1. The van der Waals surface area contributed by atoms with Gasteiger partial charge < -0.3 is 19.3 Å². The van der Waals surface area contributed by atoms with Crippen molar-refractivity contribution in [2.45, 2.75) is 52.8 Å². The van der Waals surface area contributed by atoms with Crippen molar-refractivity contribution < 1.29 is 19.2 Å². The second-order valence-electron chi connectivity index (χ2n) is 12.1. The number of ether oxygens (including phenoxy) is 1. The number of fused-ring (bicyclic) bond motifs is 2. The Hall–Kier alpha value is -4.17. The van der Waals surface area contributed by atoms with Gasteiger partial charge in [0.25, 0.3) is 0 Å². The molecule has 2 fully saturated rings. The van der Waals surface area contributed by atoms with Crippen LogP contribution in [0.3, 0.4) is 0 Å². The van der Waals surface area contributed by atoms with Gasteiger partial charge in [-0.15, -0.1) is 0 Å². The van der Waals surface area contributed by atoms with Crippen molar-refractivity contribution in [3.05, 3.63) is 94.4 Å². The summed E-state index contributed by atoms with van der Waals surface area (Å²) in [7, 11) is 0. The number of benzene rings is 2. The Kier molecular flexibility index (Phi) is 6.73. The third-order valence-electron chi connectivity index (χ3n) is 9.47. The van der Waals surface area contributed by atoms with Gasteiger partial charge in [-0.1, -0.05) is 35.5 Å². The zero-order valence-corrected chi connectivity index (χ0v) is 24.2. The lowest BCUT2D eigenvalue weighted by Crippen LogP contribution is -2.38. The zero-order valence-electron chi connectivity index (χ0n) is 24.2. The van der Waals surface area contributed by atoms with E-state index in [-0.39, 0.29) is 5.92 Å². The zero-order chi connectivity index (χ0) is 28.8. The van der Waals surface area contributed by atoms with Crippen LogP contribution in [0.4, 0.5) is 5.82 Å². The fourth-order valence-electron chi connectivity index (χ4n) is 6.86. The molecule has 2 aromatic carbocycles. The van der Waals surface area contributed by atoms with Crippen molar-refractivity contribution in [3.63, 3.8) is 0 Å². The Bertz CT molecular complexity index is 1650. The molecule has 8 heteroatoms. The van der Waals surface area contributed by atoms with Gasteiger partial charge in [0, 0.05) is 44.4 Å². The molecule has 2 aliphatic heterocycles. The number of para-hydroxylation sites is 1. The summed E-state index contributed by atoms with van der Waals surface area (Å²) in [5.41, 5.74) is 7.60. The van der Waals surface area contributed by atoms with Crippen LogP contribution in [0.5, 0.6) is 5.75 Å². The van der Waals surface area contributed by atoms with Crippen molar-refractivity contribution in [1.29, 1.82) is 0 Å². The smallest absolute Gasteiger partial charge is 0.310 e. The number of anilines is 1. The predicted octanol–water partition coefficient (Wildman–Crippen LogP) is 5.79. The van der Waals surface area contributed by atoms with Crippen LogP contribution in [0.25, 0.3) is 11.3 Å². The van der Waals surface area contributed by atoms with Crippen LogP contribution in [-0.4, -0.2) is 45.8 Å². The van der Waals surface area contributed by atoms with Crippen molar-refractivity contribution >= 4 is 11.8 Å². The molecule has 2 atom stereocenters. The average Bonchev–Trinajstić information content (AvgIpc) is 3.63. The second-order valence-corrected chi connectivity index (χ2v) is 12.1. The maximum atomic E-state index is 11.7. The molecule has 0 bridgehead atoms. The predicted molar refractivity (Wildman–Crippen MR) is 159 cm³/mol. The lowest BCUT2D eigenvalue weighted by atomic mass is 9.92. The maximum Gasteiger partial charge on any atom is 0.310 e. The van der Waals surface area contributed by atoms with Crippen LogP contribution in [0.15, 0.2) is 65.2 Å². The van der Waals surface area contributed by atoms with E-state index in [4.69, 9.17) is 14.2 Å². The molecule has 0 amide bonds. The van der Waals surface area contributed by atoms with E-state index in [1.54, 1.807) is 0 Å². The third kappa shape index (κ3) is 4.94. The minimum Gasteiger partial charge on any atom is -0.488 e. The Morgan fingerprint density at radius 1 is 1.12 bits per heavy atom. The van der Waals surface area contributed by atoms with Crippen LogP contribution >= 0.6 is 0 Å². The Morgan fingerprint density at radius 2 is 2.00 bits per heavy atom. The molecule has 1 aliphatic carbocycles. The molecule has 0 spiro atoms. The Balaban J connectivity index is 1.04. The monoisotopic (exact) mass is 564 g/mol. The molecule has 42 heavy (non-hydrogen) atoms. The van der Waals surface area contributed by atoms with Gasteiger partial charge in [0.1, 0.15) is 23.9 Å². The van der Waals surface area contributed by atoms with Crippen LogP contribution in [-0.2, 0) is 30.9 Å². The normalized spacial score (nSPS) is 21.5. The largest absolute Gasteiger partial charge is 0.488 e.